The summed E-state index contributed by atoms with van der Waals surface area (Å²) in [5, 5.41) is 5.53. The number of amides is 2. The Kier molecular flexibility index (Phi) is 3.27. The van der Waals surface area contributed by atoms with Crippen LogP contribution >= 0.6 is 0 Å². The lowest BCUT2D eigenvalue weighted by Crippen LogP contribution is -2.39. The van der Waals surface area contributed by atoms with Crippen molar-refractivity contribution in [2.75, 3.05) is 0 Å². The van der Waals surface area contributed by atoms with Crippen LogP contribution in [0.1, 0.15) is 19.4 Å². The number of carbonyl (C=O) groups excluding carboxylic acids is 1. The highest BCUT2D eigenvalue weighted by Crippen LogP contribution is 2.13. The Morgan fingerprint density at radius 3 is 3.06 bits per heavy atom. The van der Waals surface area contributed by atoms with Gasteiger partial charge < -0.3 is 15.1 Å². The van der Waals surface area contributed by atoms with Crippen molar-refractivity contribution in [2.24, 2.45) is 0 Å². The minimum absolute atomic E-state index is 0.131. The van der Waals surface area contributed by atoms with Crippen LogP contribution in [0.4, 0.5) is 4.79 Å². The van der Waals surface area contributed by atoms with Crippen LogP contribution in [0.3, 0.4) is 0 Å². The van der Waals surface area contributed by atoms with Crippen LogP contribution in [0.5, 0.6) is 0 Å². The van der Waals surface area contributed by atoms with Crippen LogP contribution in [0.2, 0.25) is 0 Å². The number of rotatable bonds is 3. The number of oxazole rings is 1. The van der Waals surface area contributed by atoms with Crippen LogP contribution in [-0.2, 0) is 6.54 Å². The van der Waals surface area contributed by atoms with E-state index < -0.39 is 0 Å². The van der Waals surface area contributed by atoms with E-state index in [0.29, 0.717) is 6.54 Å². The van der Waals surface area contributed by atoms with E-state index in [0.717, 1.165) is 16.7 Å². The smallest absolute Gasteiger partial charge is 0.315 e. The molecule has 90 valence electrons. The van der Waals surface area contributed by atoms with Crippen LogP contribution in [-0.4, -0.2) is 17.1 Å². The molecule has 0 unspecified atom stereocenters. The number of aromatic nitrogens is 1. The predicted molar refractivity (Wildman–Crippen MR) is 64.5 cm³/mol. The van der Waals surface area contributed by atoms with E-state index in [1.807, 2.05) is 32.0 Å². The third kappa shape index (κ3) is 2.96. The minimum Gasteiger partial charge on any atom is -0.443 e. The molecule has 0 spiro atoms. The van der Waals surface area contributed by atoms with Crippen molar-refractivity contribution in [2.45, 2.75) is 26.4 Å². The number of fused-ring (bicyclic) bond motifs is 1. The number of urea groups is 1. The molecular weight excluding hydrogens is 218 g/mol. The van der Waals surface area contributed by atoms with Gasteiger partial charge in [-0.25, -0.2) is 9.78 Å². The van der Waals surface area contributed by atoms with Crippen LogP contribution < -0.4 is 10.6 Å². The van der Waals surface area contributed by atoms with Crippen molar-refractivity contribution in [1.82, 2.24) is 15.6 Å². The summed E-state index contributed by atoms with van der Waals surface area (Å²) in [6.45, 7) is 4.30. The number of nitrogens with zero attached hydrogens (tertiary/aromatic N) is 1. The lowest BCUT2D eigenvalue weighted by Gasteiger charge is -2.09. The molecule has 2 amide bonds. The van der Waals surface area contributed by atoms with Crippen molar-refractivity contribution in [3.8, 4) is 0 Å². The van der Waals surface area contributed by atoms with Crippen molar-refractivity contribution in [3.05, 3.63) is 30.2 Å². The molecule has 5 heteroatoms. The monoisotopic (exact) mass is 233 g/mol. The summed E-state index contributed by atoms with van der Waals surface area (Å²) in [6.07, 6.45) is 1.41. The maximum atomic E-state index is 11.4. The van der Waals surface area contributed by atoms with Crippen molar-refractivity contribution < 1.29 is 9.21 Å². The van der Waals surface area contributed by atoms with E-state index in [1.54, 1.807) is 0 Å². The fourth-order valence-corrected chi connectivity index (χ4v) is 1.51. The van der Waals surface area contributed by atoms with Crippen molar-refractivity contribution in [1.29, 1.82) is 0 Å². The zero-order chi connectivity index (χ0) is 12.3. The molecule has 1 heterocycles. The first kappa shape index (κ1) is 11.4. The Morgan fingerprint density at radius 1 is 1.47 bits per heavy atom. The summed E-state index contributed by atoms with van der Waals surface area (Å²) in [6, 6.07) is 5.62. The number of benzene rings is 1. The number of carbonyl (C=O) groups is 1. The fourth-order valence-electron chi connectivity index (χ4n) is 1.51. The van der Waals surface area contributed by atoms with E-state index in [1.165, 1.54) is 6.39 Å². The third-order valence-electron chi connectivity index (χ3n) is 2.27. The molecule has 0 aliphatic carbocycles. The molecule has 17 heavy (non-hydrogen) atoms. The quantitative estimate of drug-likeness (QED) is 0.852. The average molecular weight is 233 g/mol. The third-order valence-corrected chi connectivity index (χ3v) is 2.27. The summed E-state index contributed by atoms with van der Waals surface area (Å²) >= 11 is 0. The van der Waals surface area contributed by atoms with Gasteiger partial charge in [0, 0.05) is 12.6 Å². The Bertz CT molecular complexity index is 519. The molecule has 0 saturated heterocycles. The zero-order valence-electron chi connectivity index (χ0n) is 9.86. The number of nitrogens with one attached hydrogen (secondary N) is 2. The highest BCUT2D eigenvalue weighted by molar-refractivity contribution is 5.75. The topological polar surface area (TPSA) is 67.2 Å². The van der Waals surface area contributed by atoms with Gasteiger partial charge in [-0.2, -0.15) is 0 Å². The number of hydrogen-bond acceptors (Lipinski definition) is 3. The summed E-state index contributed by atoms with van der Waals surface area (Å²) in [5.41, 5.74) is 2.53. The summed E-state index contributed by atoms with van der Waals surface area (Å²) in [7, 11) is 0. The lowest BCUT2D eigenvalue weighted by molar-refractivity contribution is 0.238. The van der Waals surface area contributed by atoms with Crippen LogP contribution in [0, 0.1) is 0 Å². The Labute approximate surface area is 99.2 Å². The van der Waals surface area contributed by atoms with E-state index in [-0.39, 0.29) is 12.1 Å². The molecular formula is C12H15N3O2. The Hall–Kier alpha value is -2.04. The predicted octanol–water partition coefficient (Wildman–Crippen LogP) is 2.04. The molecule has 1 aromatic carbocycles. The summed E-state index contributed by atoms with van der Waals surface area (Å²) in [5.74, 6) is 0. The van der Waals surface area contributed by atoms with Crippen molar-refractivity contribution in [3.63, 3.8) is 0 Å². The second-order valence-corrected chi connectivity index (χ2v) is 4.14. The molecule has 0 saturated carbocycles. The molecule has 2 aromatic rings. The number of hydrogen-bond donors (Lipinski definition) is 2. The maximum absolute atomic E-state index is 11.4. The molecule has 0 atom stereocenters. The van der Waals surface area contributed by atoms with Gasteiger partial charge in [0.2, 0.25) is 0 Å². The van der Waals surface area contributed by atoms with Gasteiger partial charge in [-0.1, -0.05) is 6.07 Å². The molecule has 1 aromatic heterocycles. The van der Waals surface area contributed by atoms with Gasteiger partial charge in [0.15, 0.2) is 12.0 Å². The Morgan fingerprint density at radius 2 is 2.29 bits per heavy atom. The molecule has 0 fully saturated rings. The van der Waals surface area contributed by atoms with E-state index in [4.69, 9.17) is 4.42 Å². The molecule has 0 radical (unpaired) electrons. The Balaban J connectivity index is 1.96. The zero-order valence-corrected chi connectivity index (χ0v) is 9.86. The SMILES string of the molecule is CC(C)NC(=O)NCc1ccc2ncoc2c1. The van der Waals surface area contributed by atoms with Crippen molar-refractivity contribution >= 4 is 17.1 Å². The van der Waals surface area contributed by atoms with E-state index in [2.05, 4.69) is 15.6 Å². The van der Waals surface area contributed by atoms with Gasteiger partial charge in [0.05, 0.1) is 0 Å². The van der Waals surface area contributed by atoms with Crippen LogP contribution in [0.25, 0.3) is 11.1 Å². The first-order valence-corrected chi connectivity index (χ1v) is 5.51. The molecule has 0 bridgehead atoms. The average Bonchev–Trinajstić information content (AvgIpc) is 2.72. The maximum Gasteiger partial charge on any atom is 0.315 e. The molecule has 5 nitrogen and oxygen atoms in total. The van der Waals surface area contributed by atoms with Gasteiger partial charge in [-0.05, 0) is 31.5 Å². The summed E-state index contributed by atoms with van der Waals surface area (Å²) in [4.78, 5) is 15.4. The highest BCUT2D eigenvalue weighted by atomic mass is 16.3. The second kappa shape index (κ2) is 4.86. The first-order chi connectivity index (χ1) is 8.15. The molecule has 0 aliphatic rings. The van der Waals surface area contributed by atoms with Gasteiger partial charge >= 0.3 is 6.03 Å². The van der Waals surface area contributed by atoms with E-state index >= 15 is 0 Å². The minimum atomic E-state index is -0.169. The van der Waals surface area contributed by atoms with E-state index in [9.17, 15) is 4.79 Å². The van der Waals surface area contributed by atoms with Gasteiger partial charge in [-0.3, -0.25) is 0 Å². The normalized spacial score (nSPS) is 10.8. The first-order valence-electron chi connectivity index (χ1n) is 5.51. The van der Waals surface area contributed by atoms with Gasteiger partial charge in [-0.15, -0.1) is 0 Å². The molecule has 2 N–H and O–H groups in total. The van der Waals surface area contributed by atoms with Gasteiger partial charge in [0.1, 0.15) is 5.52 Å². The molecule has 0 aliphatic heterocycles. The second-order valence-electron chi connectivity index (χ2n) is 4.14. The fraction of sp³-hybridized carbons (Fsp3) is 0.333. The van der Waals surface area contributed by atoms with Crippen LogP contribution in [0.15, 0.2) is 29.0 Å². The molecule has 2 rings (SSSR count). The van der Waals surface area contributed by atoms with Gasteiger partial charge in [0.25, 0.3) is 0 Å². The largest absolute Gasteiger partial charge is 0.443 e. The summed E-state index contributed by atoms with van der Waals surface area (Å²) < 4.78 is 5.19. The standard InChI is InChI=1S/C12H15N3O2/c1-8(2)15-12(16)13-6-9-3-4-10-11(5-9)17-7-14-10/h3-5,7-8H,6H2,1-2H3,(H2,13,15,16). The lowest BCUT2D eigenvalue weighted by atomic mass is 10.2. The highest BCUT2D eigenvalue weighted by Gasteiger charge is 2.04.